The van der Waals surface area contributed by atoms with Crippen molar-refractivity contribution in [2.45, 2.75) is 25.8 Å². The average molecular weight is 404 g/mol. The molecule has 5 rings (SSSR count). The number of hydrogen-bond acceptors (Lipinski definition) is 3. The zero-order valence-electron chi connectivity index (χ0n) is 16.4. The smallest absolute Gasteiger partial charge is 0.254 e. The van der Waals surface area contributed by atoms with E-state index in [1.165, 1.54) is 24.3 Å². The molecule has 30 heavy (non-hydrogen) atoms. The molecule has 0 radical (unpaired) electrons. The molecule has 1 saturated carbocycles. The highest BCUT2D eigenvalue weighted by Gasteiger charge is 2.29. The highest BCUT2D eigenvalue weighted by Crippen LogP contribution is 2.32. The number of fused-ring (bicyclic) bond motifs is 1. The van der Waals surface area contributed by atoms with E-state index < -0.39 is 0 Å². The Morgan fingerprint density at radius 1 is 1.03 bits per heavy atom. The molecule has 1 aliphatic heterocycles. The van der Waals surface area contributed by atoms with E-state index in [1.807, 2.05) is 30.3 Å². The van der Waals surface area contributed by atoms with Gasteiger partial charge in [-0.15, -0.1) is 0 Å². The van der Waals surface area contributed by atoms with Crippen LogP contribution >= 0.6 is 0 Å². The van der Waals surface area contributed by atoms with E-state index in [9.17, 15) is 14.0 Å². The largest absolute Gasteiger partial charge is 0.461 e. The summed E-state index contributed by atoms with van der Waals surface area (Å²) >= 11 is 0. The number of rotatable bonds is 4. The molecular weight excluding hydrogens is 383 g/mol. The Hall–Kier alpha value is -3.41. The monoisotopic (exact) mass is 404 g/mol. The van der Waals surface area contributed by atoms with Crippen molar-refractivity contribution in [2.24, 2.45) is 5.92 Å². The summed E-state index contributed by atoms with van der Waals surface area (Å²) in [7, 11) is 0. The summed E-state index contributed by atoms with van der Waals surface area (Å²) in [6, 6.07) is 15.2. The fraction of sp³-hybridized carbons (Fsp3) is 0.250. The fourth-order valence-corrected chi connectivity index (χ4v) is 3.73. The molecule has 6 heteroatoms. The standard InChI is InChI=1S/C24H21FN2O3/c25-19-7-3-17(4-8-19)24(29)27-12-11-21-18(14-27)13-22(30-21)15-5-9-20(10-6-15)26-23(28)16-1-2-16/h3-10,13,16H,1-2,11-12,14H2,(H,26,28). The first-order valence-corrected chi connectivity index (χ1v) is 10.1. The maximum absolute atomic E-state index is 13.1. The minimum Gasteiger partial charge on any atom is -0.461 e. The van der Waals surface area contributed by atoms with E-state index in [0.29, 0.717) is 25.1 Å². The number of nitrogens with one attached hydrogen (secondary N) is 1. The molecule has 0 bridgehead atoms. The SMILES string of the molecule is O=C(Nc1ccc(-c2cc3c(o2)CCN(C(=O)c2ccc(F)cc2)C3)cc1)C1CC1. The maximum Gasteiger partial charge on any atom is 0.254 e. The van der Waals surface area contributed by atoms with Crippen molar-refractivity contribution in [1.82, 2.24) is 4.90 Å². The van der Waals surface area contributed by atoms with Gasteiger partial charge in [-0.3, -0.25) is 9.59 Å². The molecule has 2 aromatic carbocycles. The molecule has 152 valence electrons. The molecule has 0 unspecified atom stereocenters. The van der Waals surface area contributed by atoms with E-state index >= 15 is 0 Å². The molecule has 5 nitrogen and oxygen atoms in total. The second-order valence-corrected chi connectivity index (χ2v) is 7.88. The van der Waals surface area contributed by atoms with Gasteiger partial charge in [0.2, 0.25) is 5.91 Å². The maximum atomic E-state index is 13.1. The van der Waals surface area contributed by atoms with Crippen molar-refractivity contribution in [1.29, 1.82) is 0 Å². The number of furan rings is 1. The van der Waals surface area contributed by atoms with Crippen LogP contribution in [0.5, 0.6) is 0 Å². The lowest BCUT2D eigenvalue weighted by Crippen LogP contribution is -2.35. The molecule has 2 aliphatic rings. The van der Waals surface area contributed by atoms with Gasteiger partial charge in [-0.25, -0.2) is 4.39 Å². The second kappa shape index (κ2) is 7.44. The van der Waals surface area contributed by atoms with E-state index in [1.54, 1.807) is 4.90 Å². The first-order chi connectivity index (χ1) is 14.6. The second-order valence-electron chi connectivity index (χ2n) is 7.88. The van der Waals surface area contributed by atoms with E-state index in [4.69, 9.17) is 4.42 Å². The predicted molar refractivity (Wildman–Crippen MR) is 110 cm³/mol. The number of nitrogens with zero attached hydrogens (tertiary/aromatic N) is 1. The van der Waals surface area contributed by atoms with Crippen LogP contribution in [-0.4, -0.2) is 23.3 Å². The van der Waals surface area contributed by atoms with Crippen molar-refractivity contribution in [3.63, 3.8) is 0 Å². The number of anilines is 1. The van der Waals surface area contributed by atoms with Crippen LogP contribution in [0.3, 0.4) is 0 Å². The molecule has 1 aliphatic carbocycles. The number of carbonyl (C=O) groups is 2. The summed E-state index contributed by atoms with van der Waals surface area (Å²) in [4.78, 5) is 26.4. The summed E-state index contributed by atoms with van der Waals surface area (Å²) in [5.41, 5.74) is 3.17. The average Bonchev–Trinajstić information content (AvgIpc) is 3.53. The third-order valence-corrected chi connectivity index (χ3v) is 5.63. The molecule has 0 spiro atoms. The van der Waals surface area contributed by atoms with Crippen LogP contribution in [-0.2, 0) is 17.8 Å². The van der Waals surface area contributed by atoms with Crippen molar-refractivity contribution < 1.29 is 18.4 Å². The summed E-state index contributed by atoms with van der Waals surface area (Å²) in [6.07, 6.45) is 2.59. The molecule has 0 atom stereocenters. The lowest BCUT2D eigenvalue weighted by molar-refractivity contribution is -0.117. The van der Waals surface area contributed by atoms with Crippen molar-refractivity contribution in [3.05, 3.63) is 77.3 Å². The van der Waals surface area contributed by atoms with Crippen LogP contribution < -0.4 is 5.32 Å². The van der Waals surface area contributed by atoms with Gasteiger partial charge >= 0.3 is 0 Å². The molecule has 1 aromatic heterocycles. The van der Waals surface area contributed by atoms with Gasteiger partial charge in [-0.2, -0.15) is 0 Å². The third-order valence-electron chi connectivity index (χ3n) is 5.63. The Balaban J connectivity index is 1.29. The number of amides is 2. The van der Waals surface area contributed by atoms with Crippen molar-refractivity contribution in [2.75, 3.05) is 11.9 Å². The lowest BCUT2D eigenvalue weighted by atomic mass is 10.1. The van der Waals surface area contributed by atoms with Gasteiger partial charge in [-0.05, 0) is 67.4 Å². The third kappa shape index (κ3) is 3.73. The minimum absolute atomic E-state index is 0.0853. The predicted octanol–water partition coefficient (Wildman–Crippen LogP) is 4.63. The molecule has 1 fully saturated rings. The normalized spacial score (nSPS) is 15.6. The van der Waals surface area contributed by atoms with Gasteiger partial charge in [0.25, 0.3) is 5.91 Å². The van der Waals surface area contributed by atoms with E-state index in [-0.39, 0.29) is 23.5 Å². The molecule has 3 aromatic rings. The minimum atomic E-state index is -0.356. The molecular formula is C24H21FN2O3. The fourth-order valence-electron chi connectivity index (χ4n) is 3.73. The van der Waals surface area contributed by atoms with Crippen molar-refractivity contribution in [3.8, 4) is 11.3 Å². The van der Waals surface area contributed by atoms with E-state index in [0.717, 1.165) is 41.2 Å². The van der Waals surface area contributed by atoms with Crippen LogP contribution in [0.1, 0.15) is 34.5 Å². The molecule has 2 amide bonds. The quantitative estimate of drug-likeness (QED) is 0.690. The van der Waals surface area contributed by atoms with Gasteiger partial charge < -0.3 is 14.6 Å². The first kappa shape index (κ1) is 18.6. The summed E-state index contributed by atoms with van der Waals surface area (Å²) in [5.74, 6) is 1.42. The van der Waals surface area contributed by atoms with Crippen molar-refractivity contribution >= 4 is 17.5 Å². The Morgan fingerprint density at radius 2 is 1.77 bits per heavy atom. The Morgan fingerprint density at radius 3 is 2.47 bits per heavy atom. The van der Waals surface area contributed by atoms with Gasteiger partial charge in [0.1, 0.15) is 17.3 Å². The number of hydrogen-bond donors (Lipinski definition) is 1. The number of carbonyl (C=O) groups excluding carboxylic acids is 2. The van der Waals surface area contributed by atoms with Gasteiger partial charge in [-0.1, -0.05) is 0 Å². The Bertz CT molecular complexity index is 1100. The first-order valence-electron chi connectivity index (χ1n) is 10.1. The topological polar surface area (TPSA) is 62.6 Å². The van der Waals surface area contributed by atoms with Crippen LogP contribution in [0.4, 0.5) is 10.1 Å². The molecule has 0 saturated heterocycles. The van der Waals surface area contributed by atoms with Crippen LogP contribution in [0.2, 0.25) is 0 Å². The zero-order chi connectivity index (χ0) is 20.7. The Kier molecular flexibility index (Phi) is 4.62. The number of benzene rings is 2. The highest BCUT2D eigenvalue weighted by atomic mass is 19.1. The van der Waals surface area contributed by atoms with Crippen LogP contribution in [0.15, 0.2) is 59.0 Å². The summed E-state index contributed by atoms with van der Waals surface area (Å²) in [6.45, 7) is 1.02. The van der Waals surface area contributed by atoms with Gasteiger partial charge in [0.05, 0.1) is 0 Å². The van der Waals surface area contributed by atoms with Crippen LogP contribution in [0, 0.1) is 11.7 Å². The molecule has 1 N–H and O–H groups in total. The lowest BCUT2D eigenvalue weighted by Gasteiger charge is -2.26. The van der Waals surface area contributed by atoms with E-state index in [2.05, 4.69) is 5.32 Å². The zero-order valence-corrected chi connectivity index (χ0v) is 16.4. The van der Waals surface area contributed by atoms with Gasteiger partial charge in [0, 0.05) is 47.8 Å². The summed E-state index contributed by atoms with van der Waals surface area (Å²) < 4.78 is 19.2. The van der Waals surface area contributed by atoms with Gasteiger partial charge in [0.15, 0.2) is 0 Å². The highest BCUT2D eigenvalue weighted by molar-refractivity contribution is 5.95. The van der Waals surface area contributed by atoms with Crippen LogP contribution in [0.25, 0.3) is 11.3 Å². The number of halogens is 1. The Labute approximate surface area is 173 Å². The summed E-state index contributed by atoms with van der Waals surface area (Å²) in [5, 5.41) is 2.93. The molecule has 2 heterocycles.